The van der Waals surface area contributed by atoms with E-state index in [4.69, 9.17) is 9.47 Å². The molecule has 0 aliphatic carbocycles. The van der Waals surface area contributed by atoms with Crippen LogP contribution in [0.2, 0.25) is 0 Å². The van der Waals surface area contributed by atoms with Crippen LogP contribution in [0.15, 0.2) is 42.6 Å². The van der Waals surface area contributed by atoms with Gasteiger partial charge in [-0.3, -0.25) is 9.47 Å². The first-order valence-electron chi connectivity index (χ1n) is 9.92. The molecular weight excluding hydrogens is 437 g/mol. The predicted molar refractivity (Wildman–Crippen MR) is 118 cm³/mol. The summed E-state index contributed by atoms with van der Waals surface area (Å²) in [5.74, 6) is 0.508. The van der Waals surface area contributed by atoms with E-state index in [0.717, 1.165) is 30.8 Å². The van der Waals surface area contributed by atoms with E-state index >= 15 is 0 Å². The summed E-state index contributed by atoms with van der Waals surface area (Å²) in [6.45, 7) is 4.69. The van der Waals surface area contributed by atoms with Crippen molar-refractivity contribution < 1.29 is 18.8 Å². The van der Waals surface area contributed by atoms with Crippen molar-refractivity contribution in [1.29, 1.82) is 0 Å². The van der Waals surface area contributed by atoms with Crippen LogP contribution in [0.1, 0.15) is 18.2 Å². The molecule has 0 amide bonds. The summed E-state index contributed by atoms with van der Waals surface area (Å²) in [5.41, 5.74) is 1.60. The Balaban J connectivity index is 0.00000245. The lowest BCUT2D eigenvalue weighted by Crippen LogP contribution is -2.46. The average molecular weight is 460 g/mol. The number of rotatable bonds is 5. The Bertz CT molecular complexity index is 1130. The van der Waals surface area contributed by atoms with Gasteiger partial charge in [0.15, 0.2) is 0 Å². The highest BCUT2D eigenvalue weighted by molar-refractivity contribution is 7.59. The first kappa shape index (κ1) is 22.0. The summed E-state index contributed by atoms with van der Waals surface area (Å²) in [5, 5.41) is 10.9. The molecule has 0 radical (unpaired) electrons. The monoisotopic (exact) mass is 459 g/mol. The van der Waals surface area contributed by atoms with Gasteiger partial charge in [0.25, 0.3) is 0 Å². The molecule has 0 saturated carbocycles. The number of nitrogens with zero attached hydrogens (tertiary/aromatic N) is 5. The number of pyridine rings is 1. The zero-order valence-corrected chi connectivity index (χ0v) is 18.3. The lowest BCUT2D eigenvalue weighted by atomic mass is 10.0. The molecule has 1 atom stereocenters. The van der Waals surface area contributed by atoms with Crippen molar-refractivity contribution >= 4 is 19.3 Å². The lowest BCUT2D eigenvalue weighted by Gasteiger charge is -2.34. The van der Waals surface area contributed by atoms with Gasteiger partial charge >= 0.3 is 11.8 Å². The Morgan fingerprint density at radius 1 is 1.25 bits per heavy atom. The summed E-state index contributed by atoms with van der Waals surface area (Å²) < 4.78 is 26.4. The second-order valence-electron chi connectivity index (χ2n) is 8.09. The molecule has 9 nitrogen and oxygen atoms in total. The summed E-state index contributed by atoms with van der Waals surface area (Å²) in [6, 6.07) is 9.94. The molecule has 4 heterocycles. The number of fused-ring (bicyclic) bond motifs is 2. The standard InChI is InChI=1S/C21H20FN5O4.H2S/c1-21(13-26-11-18(27(28)29)24-20(26)31-21)12-25-9-8-17-14(10-25)2-7-19(23-17)30-16-5-3-15(22)4-6-16;/h2-7,11H,8-10,12-13H2,1H3;1H2/t21-;/m0./s1. The van der Waals surface area contributed by atoms with Crippen LogP contribution in [0.25, 0.3) is 0 Å². The Morgan fingerprint density at radius 3 is 2.75 bits per heavy atom. The van der Waals surface area contributed by atoms with Crippen molar-refractivity contribution in [2.24, 2.45) is 0 Å². The van der Waals surface area contributed by atoms with E-state index in [-0.39, 0.29) is 31.1 Å². The Morgan fingerprint density at radius 2 is 2.03 bits per heavy atom. The molecule has 0 unspecified atom stereocenters. The van der Waals surface area contributed by atoms with Crippen molar-refractivity contribution in [3.8, 4) is 17.6 Å². The van der Waals surface area contributed by atoms with Crippen LogP contribution >= 0.6 is 13.5 Å². The van der Waals surface area contributed by atoms with Crippen LogP contribution in [0.3, 0.4) is 0 Å². The molecule has 1 aromatic carbocycles. The number of nitro groups is 1. The van der Waals surface area contributed by atoms with Crippen molar-refractivity contribution in [3.05, 3.63) is 69.8 Å². The van der Waals surface area contributed by atoms with Gasteiger partial charge in [-0.2, -0.15) is 13.5 Å². The van der Waals surface area contributed by atoms with Gasteiger partial charge in [0.1, 0.15) is 23.4 Å². The van der Waals surface area contributed by atoms with Gasteiger partial charge in [0.05, 0.1) is 12.2 Å². The molecule has 5 rings (SSSR count). The predicted octanol–water partition coefficient (Wildman–Crippen LogP) is 3.44. The van der Waals surface area contributed by atoms with Gasteiger partial charge in [0.2, 0.25) is 5.88 Å². The van der Waals surface area contributed by atoms with E-state index in [1.807, 2.05) is 19.1 Å². The van der Waals surface area contributed by atoms with Crippen molar-refractivity contribution in [1.82, 2.24) is 19.4 Å². The molecule has 2 aliphatic rings. The molecule has 168 valence electrons. The third-order valence-corrected chi connectivity index (χ3v) is 5.45. The van der Waals surface area contributed by atoms with Crippen LogP contribution in [0.4, 0.5) is 10.2 Å². The number of aromatic nitrogens is 3. The van der Waals surface area contributed by atoms with Crippen LogP contribution in [-0.4, -0.2) is 43.0 Å². The van der Waals surface area contributed by atoms with E-state index in [1.54, 1.807) is 16.7 Å². The summed E-state index contributed by atoms with van der Waals surface area (Å²) in [7, 11) is 0. The van der Waals surface area contributed by atoms with Gasteiger partial charge in [-0.1, -0.05) is 6.07 Å². The van der Waals surface area contributed by atoms with Gasteiger partial charge in [0, 0.05) is 37.1 Å². The number of hydrogen-bond acceptors (Lipinski definition) is 7. The molecule has 2 aromatic heterocycles. The van der Waals surface area contributed by atoms with Crippen LogP contribution in [0.5, 0.6) is 17.6 Å². The van der Waals surface area contributed by atoms with Crippen LogP contribution in [-0.2, 0) is 19.5 Å². The lowest BCUT2D eigenvalue weighted by molar-refractivity contribution is -0.389. The van der Waals surface area contributed by atoms with Gasteiger partial charge in [-0.25, -0.2) is 9.37 Å². The third kappa shape index (κ3) is 4.39. The second kappa shape index (κ2) is 8.40. The molecule has 0 saturated heterocycles. The van der Waals surface area contributed by atoms with E-state index in [2.05, 4.69) is 14.9 Å². The Kier molecular flexibility index (Phi) is 5.78. The SMILES string of the molecule is C[C@]1(CN2CCc3nc(Oc4ccc(F)cc4)ccc3C2)Cn2cc([N+](=O)[O-])nc2O1.S. The van der Waals surface area contributed by atoms with E-state index in [9.17, 15) is 14.5 Å². The molecule has 0 spiro atoms. The largest absolute Gasteiger partial charge is 0.439 e. The van der Waals surface area contributed by atoms with E-state index < -0.39 is 10.5 Å². The zero-order chi connectivity index (χ0) is 21.6. The van der Waals surface area contributed by atoms with Crippen molar-refractivity contribution in [2.75, 3.05) is 13.1 Å². The number of benzene rings is 1. The summed E-state index contributed by atoms with van der Waals surface area (Å²) in [4.78, 5) is 21.2. The first-order valence-corrected chi connectivity index (χ1v) is 9.92. The fourth-order valence-corrected chi connectivity index (χ4v) is 4.11. The minimum Gasteiger partial charge on any atom is -0.439 e. The Labute approximate surface area is 190 Å². The first-order chi connectivity index (χ1) is 14.9. The molecule has 3 aromatic rings. The fraction of sp³-hybridized carbons (Fsp3) is 0.333. The summed E-state index contributed by atoms with van der Waals surface area (Å²) >= 11 is 0. The third-order valence-electron chi connectivity index (χ3n) is 5.45. The average Bonchev–Trinajstić information content (AvgIpc) is 3.25. The van der Waals surface area contributed by atoms with Gasteiger partial charge in [-0.05, 0) is 41.7 Å². The minimum absolute atomic E-state index is 0. The maximum atomic E-state index is 13.1. The van der Waals surface area contributed by atoms with E-state index in [1.165, 1.54) is 18.3 Å². The van der Waals surface area contributed by atoms with E-state index in [0.29, 0.717) is 24.7 Å². The highest BCUT2D eigenvalue weighted by Crippen LogP contribution is 2.33. The quantitative estimate of drug-likeness (QED) is 0.426. The summed E-state index contributed by atoms with van der Waals surface area (Å²) in [6.07, 6.45) is 2.18. The molecule has 2 aliphatic heterocycles. The highest BCUT2D eigenvalue weighted by Gasteiger charge is 2.41. The van der Waals surface area contributed by atoms with Crippen molar-refractivity contribution in [3.63, 3.8) is 0 Å². The number of hydrogen-bond donors (Lipinski definition) is 0. The molecule has 0 bridgehead atoms. The molecular formula is C21H22FN5O4S. The Hall–Kier alpha value is -3.18. The van der Waals surface area contributed by atoms with Crippen LogP contribution < -0.4 is 9.47 Å². The molecule has 0 fully saturated rings. The van der Waals surface area contributed by atoms with Crippen LogP contribution in [0, 0.1) is 15.9 Å². The topological polar surface area (TPSA) is 95.6 Å². The maximum Gasteiger partial charge on any atom is 0.415 e. The minimum atomic E-state index is -0.519. The fourth-order valence-electron chi connectivity index (χ4n) is 4.11. The normalized spacial score (nSPS) is 19.4. The zero-order valence-electron chi connectivity index (χ0n) is 17.3. The smallest absolute Gasteiger partial charge is 0.415 e. The van der Waals surface area contributed by atoms with Gasteiger partial charge in [-0.15, -0.1) is 0 Å². The van der Waals surface area contributed by atoms with Crippen molar-refractivity contribution in [2.45, 2.75) is 32.0 Å². The molecule has 32 heavy (non-hydrogen) atoms. The highest BCUT2D eigenvalue weighted by atomic mass is 32.1. The molecule has 11 heteroatoms. The number of halogens is 1. The molecule has 0 N–H and O–H groups in total. The number of ether oxygens (including phenoxy) is 2. The second-order valence-corrected chi connectivity index (χ2v) is 8.09. The van der Waals surface area contributed by atoms with Gasteiger partial charge < -0.3 is 19.6 Å². The maximum absolute atomic E-state index is 13.1. The number of imidazole rings is 1.